The van der Waals surface area contributed by atoms with Crippen LogP contribution in [0.25, 0.3) is 0 Å². The van der Waals surface area contributed by atoms with E-state index in [2.05, 4.69) is 15.9 Å². The summed E-state index contributed by atoms with van der Waals surface area (Å²) in [6.07, 6.45) is 0.178. The highest BCUT2D eigenvalue weighted by Crippen LogP contribution is 2.29. The zero-order valence-electron chi connectivity index (χ0n) is 11.1. The first-order chi connectivity index (χ1) is 8.49. The number of ether oxygens (including phenoxy) is 2. The average molecular weight is 319 g/mol. The molecule has 1 rings (SSSR count). The minimum Gasteiger partial charge on any atom is -0.376 e. The van der Waals surface area contributed by atoms with Crippen molar-refractivity contribution in [3.05, 3.63) is 35.6 Å². The van der Waals surface area contributed by atoms with Crippen LogP contribution in [0.4, 0.5) is 4.39 Å². The maximum Gasteiger partial charge on any atom is 0.129 e. The number of benzene rings is 1. The van der Waals surface area contributed by atoms with Crippen LogP contribution in [0.3, 0.4) is 0 Å². The van der Waals surface area contributed by atoms with Crippen LogP contribution in [0.5, 0.6) is 0 Å². The van der Waals surface area contributed by atoms with Crippen molar-refractivity contribution in [3.63, 3.8) is 0 Å². The molecule has 0 heterocycles. The van der Waals surface area contributed by atoms with Crippen LogP contribution < -0.4 is 0 Å². The Balaban J connectivity index is 2.65. The maximum absolute atomic E-state index is 13.8. The lowest BCUT2D eigenvalue weighted by molar-refractivity contribution is -0.0568. The first-order valence-corrected chi connectivity index (χ1v) is 7.18. The summed E-state index contributed by atoms with van der Waals surface area (Å²) >= 11 is 3.39. The second kappa shape index (κ2) is 7.22. The van der Waals surface area contributed by atoms with Gasteiger partial charge in [0.25, 0.3) is 0 Å². The van der Waals surface area contributed by atoms with Gasteiger partial charge in [-0.25, -0.2) is 4.39 Å². The fraction of sp³-hybridized carbons (Fsp3) is 0.571. The molecule has 0 amide bonds. The van der Waals surface area contributed by atoms with Gasteiger partial charge >= 0.3 is 0 Å². The Kier molecular flexibility index (Phi) is 6.26. The van der Waals surface area contributed by atoms with Crippen molar-refractivity contribution in [2.75, 3.05) is 18.5 Å². The Morgan fingerprint density at radius 2 is 1.94 bits per heavy atom. The third-order valence-electron chi connectivity index (χ3n) is 2.65. The molecule has 0 spiro atoms. The van der Waals surface area contributed by atoms with Crippen molar-refractivity contribution in [2.24, 2.45) is 0 Å². The van der Waals surface area contributed by atoms with Gasteiger partial charge in [0.05, 0.1) is 19.3 Å². The zero-order valence-corrected chi connectivity index (χ0v) is 12.7. The quantitative estimate of drug-likeness (QED) is 0.561. The summed E-state index contributed by atoms with van der Waals surface area (Å²) in [6.45, 7) is 6.76. The van der Waals surface area contributed by atoms with Crippen molar-refractivity contribution >= 4 is 15.9 Å². The van der Waals surface area contributed by atoms with Crippen LogP contribution in [0, 0.1) is 5.82 Å². The highest BCUT2D eigenvalue weighted by molar-refractivity contribution is 9.09. The SMILES string of the molecule is CC(C)OCCOC(C)(CBr)c1ccccc1F. The summed E-state index contributed by atoms with van der Waals surface area (Å²) in [5.41, 5.74) is -0.113. The molecule has 0 fully saturated rings. The lowest BCUT2D eigenvalue weighted by Crippen LogP contribution is -2.31. The minimum atomic E-state index is -0.675. The standard InChI is InChI=1S/C14H20BrFO2/c1-11(2)17-8-9-18-14(3,10-15)12-6-4-5-7-13(12)16/h4-7,11H,8-10H2,1-3H3. The molecular weight excluding hydrogens is 299 g/mol. The summed E-state index contributed by atoms with van der Waals surface area (Å²) in [4.78, 5) is 0. The normalized spacial score (nSPS) is 14.8. The zero-order chi connectivity index (χ0) is 13.6. The van der Waals surface area contributed by atoms with Crippen molar-refractivity contribution in [2.45, 2.75) is 32.5 Å². The van der Waals surface area contributed by atoms with E-state index in [1.807, 2.05) is 26.8 Å². The molecule has 0 saturated carbocycles. The Labute approximate surface area is 117 Å². The van der Waals surface area contributed by atoms with Gasteiger partial charge in [0, 0.05) is 10.9 Å². The lowest BCUT2D eigenvalue weighted by Gasteiger charge is -2.29. The topological polar surface area (TPSA) is 18.5 Å². The third kappa shape index (κ3) is 4.34. The molecule has 0 aliphatic heterocycles. The number of hydrogen-bond acceptors (Lipinski definition) is 2. The predicted molar refractivity (Wildman–Crippen MR) is 74.6 cm³/mol. The van der Waals surface area contributed by atoms with Gasteiger partial charge in [-0.05, 0) is 26.8 Å². The second-order valence-corrected chi connectivity index (χ2v) is 5.17. The smallest absolute Gasteiger partial charge is 0.129 e. The number of hydrogen-bond donors (Lipinski definition) is 0. The lowest BCUT2D eigenvalue weighted by atomic mass is 9.97. The van der Waals surface area contributed by atoms with Gasteiger partial charge in [-0.2, -0.15) is 0 Å². The molecule has 0 aromatic heterocycles. The van der Waals surface area contributed by atoms with Gasteiger partial charge in [-0.3, -0.25) is 0 Å². The van der Waals surface area contributed by atoms with Crippen LogP contribution >= 0.6 is 15.9 Å². The van der Waals surface area contributed by atoms with E-state index >= 15 is 0 Å². The molecule has 0 bridgehead atoms. The molecule has 1 aromatic rings. The number of alkyl halides is 1. The van der Waals surface area contributed by atoms with E-state index in [0.29, 0.717) is 24.1 Å². The first-order valence-electron chi connectivity index (χ1n) is 6.06. The molecule has 0 aliphatic rings. The van der Waals surface area contributed by atoms with E-state index in [0.717, 1.165) is 0 Å². The Bertz CT molecular complexity index is 371. The van der Waals surface area contributed by atoms with Crippen LogP contribution in [-0.2, 0) is 15.1 Å². The highest BCUT2D eigenvalue weighted by Gasteiger charge is 2.29. The molecule has 1 atom stereocenters. The summed E-state index contributed by atoms with van der Waals surface area (Å²) in [6, 6.07) is 6.69. The van der Waals surface area contributed by atoms with Gasteiger partial charge in [0.2, 0.25) is 0 Å². The van der Waals surface area contributed by atoms with Crippen LogP contribution in [0.1, 0.15) is 26.3 Å². The van der Waals surface area contributed by atoms with Crippen molar-refractivity contribution < 1.29 is 13.9 Å². The van der Waals surface area contributed by atoms with Crippen LogP contribution in [-0.4, -0.2) is 24.6 Å². The van der Waals surface area contributed by atoms with Gasteiger partial charge in [-0.1, -0.05) is 34.1 Å². The number of halogens is 2. The fourth-order valence-corrected chi connectivity index (χ4v) is 2.09. The largest absolute Gasteiger partial charge is 0.376 e. The molecule has 2 nitrogen and oxygen atoms in total. The van der Waals surface area contributed by atoms with Gasteiger partial charge < -0.3 is 9.47 Å². The average Bonchev–Trinajstić information content (AvgIpc) is 2.35. The monoisotopic (exact) mass is 318 g/mol. The maximum atomic E-state index is 13.8. The molecule has 18 heavy (non-hydrogen) atoms. The molecular formula is C14H20BrFO2. The first kappa shape index (κ1) is 15.6. The Hall–Kier alpha value is -0.450. The van der Waals surface area contributed by atoms with Crippen LogP contribution in [0.15, 0.2) is 24.3 Å². The Morgan fingerprint density at radius 3 is 2.50 bits per heavy atom. The molecule has 102 valence electrons. The van der Waals surface area contributed by atoms with E-state index in [1.54, 1.807) is 12.1 Å². The van der Waals surface area contributed by atoms with E-state index in [1.165, 1.54) is 6.07 Å². The summed E-state index contributed by atoms with van der Waals surface area (Å²) in [7, 11) is 0. The Morgan fingerprint density at radius 1 is 1.28 bits per heavy atom. The van der Waals surface area contributed by atoms with E-state index in [4.69, 9.17) is 9.47 Å². The second-order valence-electron chi connectivity index (χ2n) is 4.61. The minimum absolute atomic E-state index is 0.178. The van der Waals surface area contributed by atoms with Gasteiger partial charge in [-0.15, -0.1) is 0 Å². The summed E-state index contributed by atoms with van der Waals surface area (Å²) in [5, 5.41) is 0.530. The van der Waals surface area contributed by atoms with Crippen molar-refractivity contribution in [1.29, 1.82) is 0 Å². The molecule has 1 unspecified atom stereocenters. The number of rotatable bonds is 7. The molecule has 0 aliphatic carbocycles. The highest BCUT2D eigenvalue weighted by atomic mass is 79.9. The summed E-state index contributed by atoms with van der Waals surface area (Å²) in [5.74, 6) is -0.246. The van der Waals surface area contributed by atoms with Gasteiger partial charge in [0.1, 0.15) is 11.4 Å². The molecule has 0 N–H and O–H groups in total. The van der Waals surface area contributed by atoms with E-state index < -0.39 is 5.60 Å². The molecule has 4 heteroatoms. The van der Waals surface area contributed by atoms with Crippen molar-refractivity contribution in [3.8, 4) is 0 Å². The summed E-state index contributed by atoms with van der Waals surface area (Å²) < 4.78 is 25.0. The van der Waals surface area contributed by atoms with E-state index in [9.17, 15) is 4.39 Å². The molecule has 0 radical (unpaired) electrons. The fourth-order valence-electron chi connectivity index (χ4n) is 1.63. The molecule has 0 saturated heterocycles. The van der Waals surface area contributed by atoms with E-state index in [-0.39, 0.29) is 11.9 Å². The van der Waals surface area contributed by atoms with Crippen molar-refractivity contribution in [1.82, 2.24) is 0 Å². The third-order valence-corrected chi connectivity index (χ3v) is 3.72. The predicted octanol–water partition coefficient (Wildman–Crippen LogP) is 3.88. The van der Waals surface area contributed by atoms with Crippen LogP contribution in [0.2, 0.25) is 0 Å². The van der Waals surface area contributed by atoms with Gasteiger partial charge in [0.15, 0.2) is 0 Å². The molecule has 1 aromatic carbocycles.